The minimum Gasteiger partial charge on any atom is -0.387 e. The average molecular weight is 289 g/mol. The lowest BCUT2D eigenvalue weighted by molar-refractivity contribution is -0.148. The van der Waals surface area contributed by atoms with Crippen LogP contribution in [0.2, 0.25) is 0 Å². The topological polar surface area (TPSA) is 23.5 Å². The average Bonchev–Trinajstić information content (AvgIpc) is 2.36. The first-order chi connectivity index (χ1) is 9.23. The third-order valence-electron chi connectivity index (χ3n) is 3.27. The lowest BCUT2D eigenvalue weighted by Gasteiger charge is -2.25. The van der Waals surface area contributed by atoms with Gasteiger partial charge in [-0.1, -0.05) is 45.0 Å². The van der Waals surface area contributed by atoms with E-state index in [1.54, 1.807) is 19.1 Å². The lowest BCUT2D eigenvalue weighted by Crippen LogP contribution is -2.36. The molecule has 0 bridgehead atoms. The molecule has 5 heteroatoms. The van der Waals surface area contributed by atoms with Gasteiger partial charge in [0.1, 0.15) is 0 Å². The molecule has 0 amide bonds. The fourth-order valence-electron chi connectivity index (χ4n) is 2.01. The SMILES string of the molecule is CCN(CC(O)c1ccc(C(C)C)cc1)CC(F)(F)F. The molecule has 0 aliphatic heterocycles. The highest BCUT2D eigenvalue weighted by molar-refractivity contribution is 5.26. The van der Waals surface area contributed by atoms with Gasteiger partial charge in [0.05, 0.1) is 12.6 Å². The molecule has 0 aromatic heterocycles. The van der Waals surface area contributed by atoms with Gasteiger partial charge in [0.15, 0.2) is 0 Å². The molecule has 1 N–H and O–H groups in total. The first-order valence-corrected chi connectivity index (χ1v) is 6.80. The predicted octanol–water partition coefficient (Wildman–Crippen LogP) is 3.73. The van der Waals surface area contributed by atoms with E-state index >= 15 is 0 Å². The van der Waals surface area contributed by atoms with Crippen LogP contribution in [0.1, 0.15) is 43.9 Å². The number of aliphatic hydroxyl groups excluding tert-OH is 1. The van der Waals surface area contributed by atoms with Crippen LogP contribution in [-0.2, 0) is 0 Å². The highest BCUT2D eigenvalue weighted by Gasteiger charge is 2.30. The Labute approximate surface area is 118 Å². The number of nitrogens with zero attached hydrogens (tertiary/aromatic N) is 1. The Morgan fingerprint density at radius 3 is 2.00 bits per heavy atom. The van der Waals surface area contributed by atoms with Gasteiger partial charge in [0.25, 0.3) is 0 Å². The Kier molecular flexibility index (Phi) is 6.02. The predicted molar refractivity (Wildman–Crippen MR) is 73.7 cm³/mol. The van der Waals surface area contributed by atoms with Crippen molar-refractivity contribution in [2.45, 2.75) is 39.0 Å². The van der Waals surface area contributed by atoms with Crippen LogP contribution in [0.5, 0.6) is 0 Å². The van der Waals surface area contributed by atoms with E-state index in [0.29, 0.717) is 11.5 Å². The van der Waals surface area contributed by atoms with Gasteiger partial charge < -0.3 is 5.11 Å². The molecule has 1 unspecified atom stereocenters. The summed E-state index contributed by atoms with van der Waals surface area (Å²) in [6.45, 7) is 5.02. The fourth-order valence-corrected chi connectivity index (χ4v) is 2.01. The maximum Gasteiger partial charge on any atom is 0.401 e. The quantitative estimate of drug-likeness (QED) is 0.862. The molecule has 1 aromatic rings. The number of hydrogen-bond donors (Lipinski definition) is 1. The molecule has 114 valence electrons. The zero-order valence-electron chi connectivity index (χ0n) is 12.1. The van der Waals surface area contributed by atoms with Crippen LogP contribution in [0.25, 0.3) is 0 Å². The third kappa shape index (κ3) is 5.51. The van der Waals surface area contributed by atoms with Crippen LogP contribution in [0.15, 0.2) is 24.3 Å². The molecule has 1 aromatic carbocycles. The molecule has 0 aliphatic carbocycles. The largest absolute Gasteiger partial charge is 0.401 e. The molecule has 20 heavy (non-hydrogen) atoms. The van der Waals surface area contributed by atoms with Gasteiger partial charge in [-0.15, -0.1) is 0 Å². The number of benzene rings is 1. The minimum absolute atomic E-state index is 0.0168. The fraction of sp³-hybridized carbons (Fsp3) is 0.600. The second-order valence-corrected chi connectivity index (χ2v) is 5.28. The van der Waals surface area contributed by atoms with Gasteiger partial charge >= 0.3 is 6.18 Å². The first-order valence-electron chi connectivity index (χ1n) is 6.80. The number of hydrogen-bond acceptors (Lipinski definition) is 2. The number of likely N-dealkylation sites (N-methyl/N-ethyl adjacent to an activating group) is 1. The molecular formula is C15H22F3NO. The van der Waals surface area contributed by atoms with Gasteiger partial charge in [-0.05, 0) is 23.6 Å². The molecular weight excluding hydrogens is 267 g/mol. The molecule has 0 radical (unpaired) electrons. The smallest absolute Gasteiger partial charge is 0.387 e. The Morgan fingerprint density at radius 1 is 1.10 bits per heavy atom. The van der Waals surface area contributed by atoms with Gasteiger partial charge in [-0.3, -0.25) is 4.90 Å². The second kappa shape index (κ2) is 7.09. The zero-order chi connectivity index (χ0) is 15.3. The van der Waals surface area contributed by atoms with Crippen LogP contribution in [0.4, 0.5) is 13.2 Å². The Bertz CT molecular complexity index is 401. The van der Waals surface area contributed by atoms with E-state index in [0.717, 1.165) is 5.56 Å². The molecule has 0 saturated heterocycles. The van der Waals surface area contributed by atoms with Crippen molar-refractivity contribution in [3.8, 4) is 0 Å². The van der Waals surface area contributed by atoms with E-state index in [9.17, 15) is 18.3 Å². The molecule has 0 aliphatic rings. The maximum absolute atomic E-state index is 12.4. The minimum atomic E-state index is -4.24. The maximum atomic E-state index is 12.4. The van der Waals surface area contributed by atoms with E-state index in [2.05, 4.69) is 13.8 Å². The van der Waals surface area contributed by atoms with Crippen LogP contribution in [0.3, 0.4) is 0 Å². The van der Waals surface area contributed by atoms with Crippen molar-refractivity contribution < 1.29 is 18.3 Å². The van der Waals surface area contributed by atoms with Crippen molar-refractivity contribution in [2.75, 3.05) is 19.6 Å². The third-order valence-corrected chi connectivity index (χ3v) is 3.27. The summed E-state index contributed by atoms with van der Waals surface area (Å²) in [5, 5.41) is 10.0. The van der Waals surface area contributed by atoms with Crippen LogP contribution in [0, 0.1) is 0 Å². The number of halogens is 3. The number of alkyl halides is 3. The van der Waals surface area contributed by atoms with E-state index < -0.39 is 18.8 Å². The molecule has 0 saturated carbocycles. The molecule has 0 heterocycles. The highest BCUT2D eigenvalue weighted by Crippen LogP contribution is 2.21. The Morgan fingerprint density at radius 2 is 1.60 bits per heavy atom. The lowest BCUT2D eigenvalue weighted by atomic mass is 10.00. The molecule has 0 fully saturated rings. The van der Waals surface area contributed by atoms with Crippen molar-refractivity contribution in [3.63, 3.8) is 0 Å². The summed E-state index contributed by atoms with van der Waals surface area (Å²) in [6.07, 6.45) is -5.14. The van der Waals surface area contributed by atoms with Crippen LogP contribution in [-0.4, -0.2) is 35.8 Å². The van der Waals surface area contributed by atoms with Gasteiger partial charge in [0, 0.05) is 6.54 Å². The normalized spacial score (nSPS) is 14.1. The van der Waals surface area contributed by atoms with Crippen molar-refractivity contribution in [1.82, 2.24) is 4.90 Å². The van der Waals surface area contributed by atoms with Crippen LogP contribution >= 0.6 is 0 Å². The summed E-state index contributed by atoms with van der Waals surface area (Å²) in [5.74, 6) is 0.388. The summed E-state index contributed by atoms with van der Waals surface area (Å²) >= 11 is 0. The van der Waals surface area contributed by atoms with Gasteiger partial charge in [-0.25, -0.2) is 0 Å². The van der Waals surface area contributed by atoms with Crippen molar-refractivity contribution in [1.29, 1.82) is 0 Å². The van der Waals surface area contributed by atoms with Crippen molar-refractivity contribution in [3.05, 3.63) is 35.4 Å². The van der Waals surface area contributed by atoms with Gasteiger partial charge in [0.2, 0.25) is 0 Å². The Hall–Kier alpha value is -1.07. The summed E-state index contributed by atoms with van der Waals surface area (Å²) in [7, 11) is 0. The molecule has 1 atom stereocenters. The van der Waals surface area contributed by atoms with Crippen molar-refractivity contribution in [2.24, 2.45) is 0 Å². The molecule has 2 nitrogen and oxygen atoms in total. The second-order valence-electron chi connectivity index (χ2n) is 5.28. The first kappa shape index (κ1) is 17.0. The summed E-state index contributed by atoms with van der Waals surface area (Å²) in [4.78, 5) is 1.20. The van der Waals surface area contributed by atoms with Gasteiger partial charge in [-0.2, -0.15) is 13.2 Å². The van der Waals surface area contributed by atoms with E-state index in [-0.39, 0.29) is 13.1 Å². The van der Waals surface area contributed by atoms with E-state index in [1.807, 2.05) is 12.1 Å². The summed E-state index contributed by atoms with van der Waals surface area (Å²) in [6, 6.07) is 7.37. The zero-order valence-corrected chi connectivity index (χ0v) is 12.1. The monoisotopic (exact) mass is 289 g/mol. The summed E-state index contributed by atoms with van der Waals surface area (Å²) in [5.41, 5.74) is 1.79. The van der Waals surface area contributed by atoms with E-state index in [4.69, 9.17) is 0 Å². The van der Waals surface area contributed by atoms with Crippen LogP contribution < -0.4 is 0 Å². The molecule has 1 rings (SSSR count). The molecule has 0 spiro atoms. The number of rotatable bonds is 6. The van der Waals surface area contributed by atoms with Crippen molar-refractivity contribution >= 4 is 0 Å². The highest BCUT2D eigenvalue weighted by atomic mass is 19.4. The van der Waals surface area contributed by atoms with E-state index in [1.165, 1.54) is 4.90 Å². The number of aliphatic hydroxyl groups is 1. The standard InChI is InChI=1S/C15H22F3NO/c1-4-19(10-15(16,17)18)9-14(20)13-7-5-12(6-8-13)11(2)3/h5-8,11,14,20H,4,9-10H2,1-3H3. The summed E-state index contributed by atoms with van der Waals surface area (Å²) < 4.78 is 37.1. The Balaban J connectivity index is 2.66.